The fourth-order valence-corrected chi connectivity index (χ4v) is 3.32. The molecule has 0 bridgehead atoms. The van der Waals surface area contributed by atoms with E-state index in [4.69, 9.17) is 4.74 Å². The van der Waals surface area contributed by atoms with Crippen LogP contribution in [-0.2, 0) is 18.3 Å². The molecule has 1 aliphatic rings. The van der Waals surface area contributed by atoms with Crippen molar-refractivity contribution in [1.29, 1.82) is 0 Å². The fraction of sp³-hybridized carbons (Fsp3) is 0.368. The summed E-state index contributed by atoms with van der Waals surface area (Å²) in [5, 5.41) is 16.0. The molecule has 10 heteroatoms. The van der Waals surface area contributed by atoms with Crippen LogP contribution in [0.2, 0.25) is 0 Å². The van der Waals surface area contributed by atoms with Gasteiger partial charge in [0.25, 0.3) is 0 Å². The van der Waals surface area contributed by atoms with Crippen LogP contribution in [-0.4, -0.2) is 62.1 Å². The number of aliphatic imine (C=N–C) groups is 1. The molecule has 1 saturated heterocycles. The number of hydrogen-bond acceptors (Lipinski definition) is 5. The van der Waals surface area contributed by atoms with Gasteiger partial charge in [0.2, 0.25) is 0 Å². The number of hydrogen-bond donors (Lipinski definition) is 1. The molecule has 4 rings (SSSR count). The molecule has 154 valence electrons. The van der Waals surface area contributed by atoms with E-state index in [1.807, 2.05) is 54.3 Å². The molecule has 2 aromatic heterocycles. The number of guanidine groups is 1. The number of nitrogens with zero attached hydrogens (tertiary/aromatic N) is 7. The van der Waals surface area contributed by atoms with Crippen molar-refractivity contribution in [3.05, 3.63) is 60.4 Å². The SMILES string of the molecule is CN=C(NCc1nncn1-c1ccccc1)N1CCOC(c2cnn(C)c2)C1.I. The third kappa shape index (κ3) is 4.93. The second-order valence-electron chi connectivity index (χ2n) is 6.61. The average molecular weight is 508 g/mol. The van der Waals surface area contributed by atoms with Gasteiger partial charge in [-0.25, -0.2) is 0 Å². The van der Waals surface area contributed by atoms with E-state index in [1.54, 1.807) is 18.1 Å². The summed E-state index contributed by atoms with van der Waals surface area (Å²) in [6.07, 6.45) is 5.55. The lowest BCUT2D eigenvalue weighted by Crippen LogP contribution is -2.48. The zero-order chi connectivity index (χ0) is 19.3. The Hall–Kier alpha value is -2.47. The molecule has 0 spiro atoms. The molecule has 3 aromatic rings. The number of aryl methyl sites for hydroxylation is 1. The summed E-state index contributed by atoms with van der Waals surface area (Å²) in [4.78, 5) is 6.64. The molecule has 1 aromatic carbocycles. The standard InChI is InChI=1S/C19H24N8O.HI/c1-20-19(26-8-9-28-17(13-26)15-10-23-25(2)12-15)21-11-18-24-22-14-27(18)16-6-4-3-5-7-16;/h3-7,10,12,14,17H,8-9,11,13H2,1-2H3,(H,20,21);1H. The van der Waals surface area contributed by atoms with Crippen molar-refractivity contribution in [3.63, 3.8) is 0 Å². The van der Waals surface area contributed by atoms with E-state index in [9.17, 15) is 0 Å². The monoisotopic (exact) mass is 508 g/mol. The van der Waals surface area contributed by atoms with E-state index >= 15 is 0 Å². The predicted molar refractivity (Wildman–Crippen MR) is 120 cm³/mol. The first-order chi connectivity index (χ1) is 13.7. The maximum Gasteiger partial charge on any atom is 0.194 e. The number of halogens is 1. The van der Waals surface area contributed by atoms with Gasteiger partial charge in [-0.2, -0.15) is 5.10 Å². The van der Waals surface area contributed by atoms with E-state index in [-0.39, 0.29) is 30.1 Å². The summed E-state index contributed by atoms with van der Waals surface area (Å²) < 4.78 is 9.69. The Morgan fingerprint density at radius 2 is 2.14 bits per heavy atom. The third-order valence-corrected chi connectivity index (χ3v) is 4.73. The highest BCUT2D eigenvalue weighted by Crippen LogP contribution is 2.21. The van der Waals surface area contributed by atoms with Crippen LogP contribution in [0.3, 0.4) is 0 Å². The second-order valence-corrected chi connectivity index (χ2v) is 6.61. The Balaban J connectivity index is 0.00000240. The Morgan fingerprint density at radius 1 is 1.31 bits per heavy atom. The molecule has 0 radical (unpaired) electrons. The zero-order valence-corrected chi connectivity index (χ0v) is 18.8. The van der Waals surface area contributed by atoms with Gasteiger partial charge in [0.1, 0.15) is 12.4 Å². The summed E-state index contributed by atoms with van der Waals surface area (Å²) in [7, 11) is 3.70. The van der Waals surface area contributed by atoms with Crippen molar-refractivity contribution in [3.8, 4) is 5.69 Å². The van der Waals surface area contributed by atoms with Crippen LogP contribution in [0.1, 0.15) is 17.5 Å². The topological polar surface area (TPSA) is 85.4 Å². The number of aromatic nitrogens is 5. The normalized spacial score (nSPS) is 17.1. The molecular weight excluding hydrogens is 483 g/mol. The molecule has 1 atom stereocenters. The molecule has 0 saturated carbocycles. The predicted octanol–water partition coefficient (Wildman–Crippen LogP) is 1.77. The summed E-state index contributed by atoms with van der Waals surface area (Å²) in [5.74, 6) is 1.64. The molecule has 0 amide bonds. The van der Waals surface area contributed by atoms with Gasteiger partial charge in [-0.3, -0.25) is 14.2 Å². The van der Waals surface area contributed by atoms with Crippen molar-refractivity contribution in [2.75, 3.05) is 26.7 Å². The minimum atomic E-state index is -0.0195. The fourth-order valence-electron chi connectivity index (χ4n) is 3.32. The van der Waals surface area contributed by atoms with E-state index in [2.05, 4.69) is 30.5 Å². The van der Waals surface area contributed by atoms with E-state index in [1.165, 1.54) is 0 Å². The number of rotatable bonds is 4. The van der Waals surface area contributed by atoms with Crippen molar-refractivity contribution in [2.45, 2.75) is 12.6 Å². The van der Waals surface area contributed by atoms with Gasteiger partial charge >= 0.3 is 0 Å². The molecule has 1 fully saturated rings. The van der Waals surface area contributed by atoms with Crippen LogP contribution in [0.25, 0.3) is 5.69 Å². The van der Waals surface area contributed by atoms with Gasteiger partial charge in [-0.15, -0.1) is 34.2 Å². The first-order valence-electron chi connectivity index (χ1n) is 9.24. The minimum Gasteiger partial charge on any atom is -0.370 e. The Labute approximate surface area is 186 Å². The lowest BCUT2D eigenvalue weighted by molar-refractivity contribution is -0.00806. The van der Waals surface area contributed by atoms with E-state index < -0.39 is 0 Å². The van der Waals surface area contributed by atoms with Crippen molar-refractivity contribution < 1.29 is 4.74 Å². The number of benzene rings is 1. The Kier molecular flexibility index (Phi) is 7.20. The molecule has 0 aliphatic carbocycles. The van der Waals surface area contributed by atoms with Crippen LogP contribution in [0.4, 0.5) is 0 Å². The maximum absolute atomic E-state index is 5.93. The van der Waals surface area contributed by atoms with E-state index in [0.717, 1.165) is 36.1 Å². The highest BCUT2D eigenvalue weighted by Gasteiger charge is 2.25. The third-order valence-electron chi connectivity index (χ3n) is 4.73. The molecule has 29 heavy (non-hydrogen) atoms. The Morgan fingerprint density at radius 3 is 2.86 bits per heavy atom. The maximum atomic E-state index is 5.93. The number of ether oxygens (including phenoxy) is 1. The summed E-state index contributed by atoms with van der Waals surface area (Å²) >= 11 is 0. The molecule has 1 aliphatic heterocycles. The first kappa shape index (κ1) is 21.2. The van der Waals surface area contributed by atoms with Crippen LogP contribution >= 0.6 is 24.0 Å². The van der Waals surface area contributed by atoms with Crippen LogP contribution in [0.5, 0.6) is 0 Å². The highest BCUT2D eigenvalue weighted by molar-refractivity contribution is 14.0. The summed E-state index contributed by atoms with van der Waals surface area (Å²) in [6, 6.07) is 10.0. The summed E-state index contributed by atoms with van der Waals surface area (Å²) in [6.45, 7) is 2.66. The lowest BCUT2D eigenvalue weighted by Gasteiger charge is -2.34. The van der Waals surface area contributed by atoms with Gasteiger partial charge in [-0.05, 0) is 12.1 Å². The molecule has 9 nitrogen and oxygen atoms in total. The quantitative estimate of drug-likeness (QED) is 0.329. The van der Waals surface area contributed by atoms with Gasteiger partial charge < -0.3 is 15.0 Å². The van der Waals surface area contributed by atoms with Crippen molar-refractivity contribution in [2.24, 2.45) is 12.0 Å². The van der Waals surface area contributed by atoms with Gasteiger partial charge in [0, 0.05) is 38.1 Å². The average Bonchev–Trinajstić information content (AvgIpc) is 3.38. The van der Waals surface area contributed by atoms with Crippen LogP contribution in [0, 0.1) is 0 Å². The van der Waals surface area contributed by atoms with Crippen molar-refractivity contribution >= 4 is 29.9 Å². The molecule has 1 unspecified atom stereocenters. The van der Waals surface area contributed by atoms with Gasteiger partial charge in [0.15, 0.2) is 11.8 Å². The Bertz CT molecular complexity index is 939. The van der Waals surface area contributed by atoms with Crippen LogP contribution in [0.15, 0.2) is 54.0 Å². The minimum absolute atomic E-state index is 0. The smallest absolute Gasteiger partial charge is 0.194 e. The highest BCUT2D eigenvalue weighted by atomic mass is 127. The van der Waals surface area contributed by atoms with Crippen LogP contribution < -0.4 is 5.32 Å². The largest absolute Gasteiger partial charge is 0.370 e. The van der Waals surface area contributed by atoms with E-state index in [0.29, 0.717) is 13.2 Å². The first-order valence-corrected chi connectivity index (χ1v) is 9.24. The molecular formula is C19H25IN8O. The van der Waals surface area contributed by atoms with Crippen molar-refractivity contribution in [1.82, 2.24) is 34.8 Å². The number of para-hydroxylation sites is 1. The molecule has 1 N–H and O–H groups in total. The molecule has 3 heterocycles. The number of nitrogens with one attached hydrogen (secondary N) is 1. The van der Waals surface area contributed by atoms with Gasteiger partial charge in [0.05, 0.1) is 25.9 Å². The second kappa shape index (κ2) is 9.83. The zero-order valence-electron chi connectivity index (χ0n) is 16.5. The lowest BCUT2D eigenvalue weighted by atomic mass is 10.1. The number of morpholine rings is 1. The summed E-state index contributed by atoms with van der Waals surface area (Å²) in [5.41, 5.74) is 2.11. The van der Waals surface area contributed by atoms with Gasteiger partial charge in [-0.1, -0.05) is 18.2 Å².